The van der Waals surface area contributed by atoms with E-state index in [-0.39, 0.29) is 5.75 Å². The summed E-state index contributed by atoms with van der Waals surface area (Å²) in [5.41, 5.74) is 3.25. The van der Waals surface area contributed by atoms with E-state index in [0.717, 1.165) is 11.3 Å². The van der Waals surface area contributed by atoms with E-state index in [1.54, 1.807) is 0 Å². The molecule has 1 aromatic carbocycles. The van der Waals surface area contributed by atoms with Crippen LogP contribution in [0.25, 0.3) is 0 Å². The maximum Gasteiger partial charge on any atom is 0.237 e. The summed E-state index contributed by atoms with van der Waals surface area (Å²) < 4.78 is 25.3. The monoisotopic (exact) mass is 223 g/mol. The van der Waals surface area contributed by atoms with Crippen LogP contribution in [0.2, 0.25) is 0 Å². The van der Waals surface area contributed by atoms with E-state index < -0.39 is 10.0 Å². The first-order chi connectivity index (χ1) is 6.99. The molecule has 15 heavy (non-hydrogen) atoms. The zero-order valence-corrected chi connectivity index (χ0v) is 9.39. The molecule has 0 radical (unpaired) electrons. The Labute approximate surface area is 89.6 Å². The van der Waals surface area contributed by atoms with Crippen LogP contribution in [0.15, 0.2) is 18.2 Å². The van der Waals surface area contributed by atoms with Crippen molar-refractivity contribution in [3.63, 3.8) is 0 Å². The van der Waals surface area contributed by atoms with Gasteiger partial charge in [-0.25, -0.2) is 8.42 Å². The van der Waals surface area contributed by atoms with Gasteiger partial charge in [0.25, 0.3) is 0 Å². The third-order valence-corrected chi connectivity index (χ3v) is 4.64. The second-order valence-electron chi connectivity index (χ2n) is 4.79. The number of anilines is 1. The molecule has 0 unspecified atom stereocenters. The van der Waals surface area contributed by atoms with Crippen LogP contribution in [0.1, 0.15) is 30.9 Å². The lowest BCUT2D eigenvalue weighted by atomic mass is 9.96. The Morgan fingerprint density at radius 3 is 2.73 bits per heavy atom. The number of hydrogen-bond donors (Lipinski definition) is 1. The van der Waals surface area contributed by atoms with E-state index in [4.69, 9.17) is 0 Å². The zero-order chi connectivity index (χ0) is 10.7. The normalized spacial score (nSPS) is 24.3. The highest BCUT2D eigenvalue weighted by Gasteiger charge is 2.39. The zero-order valence-electron chi connectivity index (χ0n) is 8.58. The fourth-order valence-electron chi connectivity index (χ4n) is 2.07. The summed E-state index contributed by atoms with van der Waals surface area (Å²) in [7, 11) is -3.10. The number of nitrogens with one attached hydrogen (secondary N) is 1. The molecule has 1 N–H and O–H groups in total. The van der Waals surface area contributed by atoms with Crippen LogP contribution in [0, 0.1) is 0 Å². The maximum absolute atomic E-state index is 11.4. The molecule has 0 aromatic heterocycles. The van der Waals surface area contributed by atoms with Crippen molar-refractivity contribution in [3.05, 3.63) is 29.3 Å². The van der Waals surface area contributed by atoms with Crippen LogP contribution < -0.4 is 4.72 Å². The summed E-state index contributed by atoms with van der Waals surface area (Å²) in [6, 6.07) is 5.97. The van der Waals surface area contributed by atoms with Crippen molar-refractivity contribution < 1.29 is 8.42 Å². The van der Waals surface area contributed by atoms with Crippen molar-refractivity contribution in [2.75, 3.05) is 4.72 Å². The average Bonchev–Trinajstić information content (AvgIpc) is 2.78. The van der Waals surface area contributed by atoms with E-state index in [0.29, 0.717) is 5.41 Å². The Hall–Kier alpha value is -1.03. The molecule has 1 aromatic rings. The quantitative estimate of drug-likeness (QED) is 0.791. The molecule has 1 heterocycles. The third kappa shape index (κ3) is 1.44. The molecular weight excluding hydrogens is 210 g/mol. The second-order valence-corrected chi connectivity index (χ2v) is 6.52. The summed E-state index contributed by atoms with van der Waals surface area (Å²) in [6.07, 6.45) is 2.43. The van der Waals surface area contributed by atoms with Gasteiger partial charge in [0.2, 0.25) is 10.0 Å². The Kier molecular flexibility index (Phi) is 1.57. The molecule has 2 aliphatic rings. The van der Waals surface area contributed by atoms with E-state index in [2.05, 4.69) is 11.6 Å². The highest BCUT2D eigenvalue weighted by molar-refractivity contribution is 7.92. The van der Waals surface area contributed by atoms with Crippen LogP contribution in [-0.2, 0) is 21.2 Å². The number of fused-ring (bicyclic) bond motifs is 1. The third-order valence-electron chi connectivity index (χ3n) is 3.41. The minimum absolute atomic E-state index is 0.131. The molecule has 0 spiro atoms. The standard InChI is InChI=1S/C11H13NO2S/c1-11(4-5-11)9-2-3-10-8(6-9)7-15(13,14)12-10/h2-3,6,12H,4-5,7H2,1H3. The summed E-state index contributed by atoms with van der Waals surface area (Å²) in [6.45, 7) is 2.23. The van der Waals surface area contributed by atoms with Gasteiger partial charge in [-0.3, -0.25) is 4.72 Å². The lowest BCUT2D eigenvalue weighted by molar-refractivity contribution is 0.602. The SMILES string of the molecule is CC1(c2ccc3c(c2)CS(=O)(=O)N3)CC1. The second kappa shape index (κ2) is 2.55. The first-order valence-corrected chi connectivity index (χ1v) is 6.78. The van der Waals surface area contributed by atoms with Crippen molar-refractivity contribution >= 4 is 15.7 Å². The topological polar surface area (TPSA) is 46.2 Å². The van der Waals surface area contributed by atoms with Crippen molar-refractivity contribution in [1.29, 1.82) is 0 Å². The van der Waals surface area contributed by atoms with Crippen LogP contribution in [0.4, 0.5) is 5.69 Å². The molecule has 4 heteroatoms. The van der Waals surface area contributed by atoms with Crippen molar-refractivity contribution in [2.24, 2.45) is 0 Å². The Bertz CT molecular complexity index is 530. The van der Waals surface area contributed by atoms with Gasteiger partial charge in [-0.1, -0.05) is 19.1 Å². The van der Waals surface area contributed by atoms with Gasteiger partial charge < -0.3 is 0 Å². The lowest BCUT2D eigenvalue weighted by Gasteiger charge is -2.09. The number of hydrogen-bond acceptors (Lipinski definition) is 2. The molecule has 1 aliphatic carbocycles. The summed E-state index contributed by atoms with van der Waals surface area (Å²) in [4.78, 5) is 0. The van der Waals surface area contributed by atoms with Gasteiger partial charge in [0.15, 0.2) is 0 Å². The first-order valence-electron chi connectivity index (χ1n) is 5.12. The van der Waals surface area contributed by atoms with Gasteiger partial charge in [-0.05, 0) is 35.4 Å². The number of benzene rings is 1. The molecule has 1 saturated carbocycles. The smallest absolute Gasteiger partial charge is 0.237 e. The van der Waals surface area contributed by atoms with E-state index in [9.17, 15) is 8.42 Å². The molecule has 0 atom stereocenters. The first kappa shape index (κ1) is 9.21. The van der Waals surface area contributed by atoms with Crippen LogP contribution in [0.5, 0.6) is 0 Å². The predicted octanol–water partition coefficient (Wildman–Crippen LogP) is 1.99. The Morgan fingerprint density at radius 2 is 2.07 bits per heavy atom. The van der Waals surface area contributed by atoms with Crippen LogP contribution in [0.3, 0.4) is 0 Å². The lowest BCUT2D eigenvalue weighted by Crippen LogP contribution is -2.05. The summed E-state index contributed by atoms with van der Waals surface area (Å²) in [5, 5.41) is 0. The summed E-state index contributed by atoms with van der Waals surface area (Å²) in [5.74, 6) is 0.131. The molecule has 0 amide bonds. The Balaban J connectivity index is 2.06. The Morgan fingerprint density at radius 1 is 1.33 bits per heavy atom. The van der Waals surface area contributed by atoms with Crippen LogP contribution >= 0.6 is 0 Å². The molecule has 80 valence electrons. The number of rotatable bonds is 1. The van der Waals surface area contributed by atoms with E-state index in [1.165, 1.54) is 18.4 Å². The predicted molar refractivity (Wildman–Crippen MR) is 59.3 cm³/mol. The highest BCUT2D eigenvalue weighted by Crippen LogP contribution is 2.48. The van der Waals surface area contributed by atoms with Gasteiger partial charge in [-0.2, -0.15) is 0 Å². The van der Waals surface area contributed by atoms with Crippen molar-refractivity contribution in [1.82, 2.24) is 0 Å². The molecule has 1 fully saturated rings. The largest absolute Gasteiger partial charge is 0.283 e. The minimum Gasteiger partial charge on any atom is -0.283 e. The van der Waals surface area contributed by atoms with Gasteiger partial charge >= 0.3 is 0 Å². The molecular formula is C11H13NO2S. The van der Waals surface area contributed by atoms with E-state index >= 15 is 0 Å². The summed E-state index contributed by atoms with van der Waals surface area (Å²) >= 11 is 0. The average molecular weight is 223 g/mol. The molecule has 1 aliphatic heterocycles. The fourth-order valence-corrected chi connectivity index (χ4v) is 3.33. The number of sulfonamides is 1. The van der Waals surface area contributed by atoms with Gasteiger partial charge in [-0.15, -0.1) is 0 Å². The minimum atomic E-state index is -3.10. The van der Waals surface area contributed by atoms with E-state index in [1.807, 2.05) is 18.2 Å². The molecule has 0 saturated heterocycles. The molecule has 3 rings (SSSR count). The van der Waals surface area contributed by atoms with Crippen molar-refractivity contribution in [3.8, 4) is 0 Å². The van der Waals surface area contributed by atoms with Gasteiger partial charge in [0.05, 0.1) is 11.4 Å². The van der Waals surface area contributed by atoms with Crippen LogP contribution in [-0.4, -0.2) is 8.42 Å². The highest BCUT2D eigenvalue weighted by atomic mass is 32.2. The molecule has 0 bridgehead atoms. The van der Waals surface area contributed by atoms with Crippen molar-refractivity contribution in [2.45, 2.75) is 30.9 Å². The maximum atomic E-state index is 11.4. The van der Waals surface area contributed by atoms with Gasteiger partial charge in [0, 0.05) is 0 Å². The van der Waals surface area contributed by atoms with Gasteiger partial charge in [0.1, 0.15) is 0 Å². The molecule has 3 nitrogen and oxygen atoms in total. The fraction of sp³-hybridized carbons (Fsp3) is 0.455.